The molecule has 0 aromatic heterocycles. The van der Waals surface area contributed by atoms with Crippen LogP contribution < -0.4 is 4.90 Å². The molecule has 124 valence electrons. The molecule has 1 aromatic carbocycles. The number of carbonyl (C=O) groups excluding carboxylic acids is 2. The molecule has 24 heavy (non-hydrogen) atoms. The zero-order valence-corrected chi connectivity index (χ0v) is 14.1. The van der Waals surface area contributed by atoms with Crippen molar-refractivity contribution in [2.45, 2.75) is 18.0 Å². The highest BCUT2D eigenvalue weighted by Crippen LogP contribution is 2.55. The van der Waals surface area contributed by atoms with Crippen LogP contribution in [0.15, 0.2) is 40.9 Å². The van der Waals surface area contributed by atoms with Crippen LogP contribution in [0.4, 0.5) is 5.69 Å². The van der Waals surface area contributed by atoms with Gasteiger partial charge in [0.05, 0.1) is 36.8 Å². The van der Waals surface area contributed by atoms with E-state index in [1.165, 1.54) is 4.90 Å². The van der Waals surface area contributed by atoms with E-state index in [0.29, 0.717) is 18.9 Å². The molecule has 0 N–H and O–H groups in total. The van der Waals surface area contributed by atoms with Gasteiger partial charge < -0.3 is 14.2 Å². The van der Waals surface area contributed by atoms with Gasteiger partial charge in [-0.2, -0.15) is 0 Å². The first-order chi connectivity index (χ1) is 11.6. The summed E-state index contributed by atoms with van der Waals surface area (Å²) < 4.78 is 18.1. The molecule has 1 aromatic rings. The molecule has 4 atom stereocenters. The number of imide groups is 1. The Bertz CT molecular complexity index is 757. The fourth-order valence-electron chi connectivity index (χ4n) is 4.17. The lowest BCUT2D eigenvalue weighted by atomic mass is 9.76. The van der Waals surface area contributed by atoms with Crippen LogP contribution in [0.2, 0.25) is 0 Å². The summed E-state index contributed by atoms with van der Waals surface area (Å²) in [5.41, 5.74) is -0.423. The third kappa shape index (κ3) is 1.75. The van der Waals surface area contributed by atoms with Crippen molar-refractivity contribution < 1.29 is 23.8 Å². The number of benzene rings is 1. The molecule has 0 aliphatic carbocycles. The lowest BCUT2D eigenvalue weighted by Gasteiger charge is -2.32. The van der Waals surface area contributed by atoms with E-state index < -0.39 is 29.8 Å². The van der Waals surface area contributed by atoms with Gasteiger partial charge in [0.15, 0.2) is 11.9 Å². The average Bonchev–Trinajstić information content (AvgIpc) is 3.33. The van der Waals surface area contributed by atoms with Gasteiger partial charge in [-0.15, -0.1) is 0 Å². The number of halogens is 1. The second kappa shape index (κ2) is 4.98. The fourth-order valence-corrected chi connectivity index (χ4v) is 4.43. The molecule has 4 unspecified atom stereocenters. The van der Waals surface area contributed by atoms with Crippen molar-refractivity contribution >= 4 is 33.4 Å². The van der Waals surface area contributed by atoms with E-state index in [9.17, 15) is 9.59 Å². The van der Waals surface area contributed by atoms with Crippen LogP contribution >= 0.6 is 15.9 Å². The van der Waals surface area contributed by atoms with Crippen LogP contribution in [0.5, 0.6) is 0 Å². The molecular formula is C17H14BrNO5. The summed E-state index contributed by atoms with van der Waals surface area (Å²) in [6.45, 7) is 0.925. The number of hydrogen-bond acceptors (Lipinski definition) is 5. The number of carbonyl (C=O) groups is 2. The van der Waals surface area contributed by atoms with E-state index in [4.69, 9.17) is 14.2 Å². The van der Waals surface area contributed by atoms with Crippen molar-refractivity contribution in [3.8, 4) is 0 Å². The van der Waals surface area contributed by atoms with Gasteiger partial charge in [-0.25, -0.2) is 4.90 Å². The standard InChI is InChI=1S/C17H14BrNO5/c18-9-1-3-10(4-2-9)19-14(20)12-11-5-6-17(24-11,13(12)15(19)21)16-22-7-8-23-16/h1-6,11-13,16H,7-8H2. The molecule has 5 rings (SSSR count). The van der Waals surface area contributed by atoms with Crippen LogP contribution in [-0.4, -0.2) is 43.0 Å². The first-order valence-corrected chi connectivity index (χ1v) is 8.65. The maximum atomic E-state index is 13.1. The number of ether oxygens (including phenoxy) is 3. The molecule has 6 nitrogen and oxygen atoms in total. The highest BCUT2D eigenvalue weighted by Gasteiger charge is 2.71. The van der Waals surface area contributed by atoms with Crippen molar-refractivity contribution in [1.82, 2.24) is 0 Å². The van der Waals surface area contributed by atoms with Gasteiger partial charge >= 0.3 is 0 Å². The van der Waals surface area contributed by atoms with Gasteiger partial charge in [-0.1, -0.05) is 22.0 Å². The Morgan fingerprint density at radius 1 is 1.08 bits per heavy atom. The Hall–Kier alpha value is -1.54. The highest BCUT2D eigenvalue weighted by molar-refractivity contribution is 9.10. The van der Waals surface area contributed by atoms with Gasteiger partial charge in [0.1, 0.15) is 0 Å². The lowest BCUT2D eigenvalue weighted by Crippen LogP contribution is -2.49. The smallest absolute Gasteiger partial charge is 0.241 e. The van der Waals surface area contributed by atoms with E-state index in [1.54, 1.807) is 12.1 Å². The molecule has 4 aliphatic rings. The third-order valence-electron chi connectivity index (χ3n) is 5.15. The summed E-state index contributed by atoms with van der Waals surface area (Å²) in [4.78, 5) is 27.3. The summed E-state index contributed by atoms with van der Waals surface area (Å²) in [7, 11) is 0. The number of hydrogen-bond donors (Lipinski definition) is 0. The molecule has 3 saturated heterocycles. The SMILES string of the molecule is O=C1C2C3C=CC(C4OCCO4)(O3)C2C(=O)N1c1ccc(Br)cc1. The minimum Gasteiger partial charge on any atom is -0.357 e. The van der Waals surface area contributed by atoms with Gasteiger partial charge in [0.2, 0.25) is 11.8 Å². The van der Waals surface area contributed by atoms with Crippen LogP contribution in [0.3, 0.4) is 0 Å². The molecule has 2 bridgehead atoms. The minimum absolute atomic E-state index is 0.221. The summed E-state index contributed by atoms with van der Waals surface area (Å²) in [6, 6.07) is 7.14. The van der Waals surface area contributed by atoms with Gasteiger partial charge in [-0.05, 0) is 30.3 Å². The molecule has 7 heteroatoms. The maximum absolute atomic E-state index is 13.1. The van der Waals surface area contributed by atoms with E-state index >= 15 is 0 Å². The van der Waals surface area contributed by atoms with E-state index in [1.807, 2.05) is 24.3 Å². The predicted molar refractivity (Wildman–Crippen MR) is 86.1 cm³/mol. The van der Waals surface area contributed by atoms with Crippen LogP contribution in [0, 0.1) is 11.8 Å². The molecule has 0 spiro atoms. The van der Waals surface area contributed by atoms with Gasteiger partial charge in [0.25, 0.3) is 0 Å². The Balaban J connectivity index is 1.56. The van der Waals surface area contributed by atoms with Gasteiger partial charge in [0, 0.05) is 4.47 Å². The molecule has 2 amide bonds. The fraction of sp³-hybridized carbons (Fsp3) is 0.412. The number of rotatable bonds is 2. The molecule has 4 heterocycles. The second-order valence-electron chi connectivity index (χ2n) is 6.36. The molecule has 3 fully saturated rings. The topological polar surface area (TPSA) is 65.1 Å². The summed E-state index contributed by atoms with van der Waals surface area (Å²) in [5.74, 6) is -1.59. The molecule has 0 radical (unpaired) electrons. The van der Waals surface area contributed by atoms with E-state index in [-0.39, 0.29) is 11.8 Å². The van der Waals surface area contributed by atoms with Crippen LogP contribution in [0.25, 0.3) is 0 Å². The summed E-state index contributed by atoms with van der Waals surface area (Å²) in [6.07, 6.45) is 2.64. The van der Waals surface area contributed by atoms with Crippen molar-refractivity contribution in [2.24, 2.45) is 11.8 Å². The Morgan fingerprint density at radius 3 is 2.50 bits per heavy atom. The summed E-state index contributed by atoms with van der Waals surface area (Å²) >= 11 is 3.36. The normalized spacial score (nSPS) is 37.7. The minimum atomic E-state index is -0.997. The molecule has 4 aliphatic heterocycles. The van der Waals surface area contributed by atoms with Gasteiger partial charge in [-0.3, -0.25) is 9.59 Å². The first kappa shape index (κ1) is 14.8. The molecule has 0 saturated carbocycles. The number of nitrogens with zero attached hydrogens (tertiary/aromatic N) is 1. The zero-order valence-electron chi connectivity index (χ0n) is 12.6. The second-order valence-corrected chi connectivity index (χ2v) is 7.28. The molecular weight excluding hydrogens is 378 g/mol. The largest absolute Gasteiger partial charge is 0.357 e. The monoisotopic (exact) mass is 391 g/mol. The van der Waals surface area contributed by atoms with Crippen molar-refractivity contribution in [3.05, 3.63) is 40.9 Å². The quantitative estimate of drug-likeness (QED) is 0.566. The van der Waals surface area contributed by atoms with Crippen LogP contribution in [0.1, 0.15) is 0 Å². The number of fused-ring (bicyclic) bond motifs is 5. The van der Waals surface area contributed by atoms with E-state index in [2.05, 4.69) is 15.9 Å². The van der Waals surface area contributed by atoms with Crippen molar-refractivity contribution in [3.63, 3.8) is 0 Å². The summed E-state index contributed by atoms with van der Waals surface area (Å²) in [5, 5.41) is 0. The highest BCUT2D eigenvalue weighted by atomic mass is 79.9. The number of amides is 2. The van der Waals surface area contributed by atoms with Crippen molar-refractivity contribution in [2.75, 3.05) is 18.1 Å². The Morgan fingerprint density at radius 2 is 1.79 bits per heavy atom. The zero-order chi connectivity index (χ0) is 16.5. The Kier molecular flexibility index (Phi) is 3.07. The predicted octanol–water partition coefficient (Wildman–Crippen LogP) is 1.63. The third-order valence-corrected chi connectivity index (χ3v) is 5.68. The number of anilines is 1. The average molecular weight is 392 g/mol. The first-order valence-electron chi connectivity index (χ1n) is 7.85. The van der Waals surface area contributed by atoms with Crippen LogP contribution in [-0.2, 0) is 23.8 Å². The lowest BCUT2D eigenvalue weighted by molar-refractivity contribution is -0.180. The maximum Gasteiger partial charge on any atom is 0.241 e. The Labute approximate surface area is 146 Å². The van der Waals surface area contributed by atoms with E-state index in [0.717, 1.165) is 4.47 Å². The van der Waals surface area contributed by atoms with Crippen molar-refractivity contribution in [1.29, 1.82) is 0 Å².